The van der Waals surface area contributed by atoms with E-state index < -0.39 is 106 Å². The highest BCUT2D eigenvalue weighted by Crippen LogP contribution is 2.77. The Hall–Kier alpha value is -2.32. The third-order valence-corrected chi connectivity index (χ3v) is 13.9. The van der Waals surface area contributed by atoms with Crippen molar-refractivity contribution in [3.63, 3.8) is 0 Å². The minimum Gasteiger partial charge on any atom is -0.462 e. The minimum atomic E-state index is -1.98. The fourth-order valence-electron chi connectivity index (χ4n) is 12.6. The highest BCUT2D eigenvalue weighted by Gasteiger charge is 2.88. The summed E-state index contributed by atoms with van der Waals surface area (Å²) < 4.78 is 30.7. The van der Waals surface area contributed by atoms with Crippen molar-refractivity contribution in [3.8, 4) is 0 Å². The molecule has 0 aromatic rings. The van der Waals surface area contributed by atoms with Gasteiger partial charge in [0.15, 0.2) is 12.2 Å². The molecule has 1 spiro atoms. The van der Waals surface area contributed by atoms with Crippen molar-refractivity contribution in [2.75, 3.05) is 13.1 Å². The van der Waals surface area contributed by atoms with Gasteiger partial charge in [0.05, 0.1) is 17.1 Å². The van der Waals surface area contributed by atoms with Crippen LogP contribution in [0.25, 0.3) is 0 Å². The van der Waals surface area contributed by atoms with E-state index in [9.17, 15) is 34.5 Å². The number of piperidine rings is 2. The van der Waals surface area contributed by atoms with Gasteiger partial charge in [0.2, 0.25) is 5.79 Å². The smallest absolute Gasteiger partial charge is 0.303 e. The van der Waals surface area contributed by atoms with Crippen molar-refractivity contribution in [1.82, 2.24) is 4.90 Å². The number of carbonyl (C=O) groups is 4. The molecule has 0 radical (unpaired) electrons. The molecule has 4 saturated carbocycles. The summed E-state index contributed by atoms with van der Waals surface area (Å²) in [6.45, 7) is 12.2. The number of hydrogen-bond acceptors (Lipinski definition) is 13. The molecule has 7 rings (SSSR count). The van der Waals surface area contributed by atoms with Gasteiger partial charge in [0, 0.05) is 64.1 Å². The van der Waals surface area contributed by atoms with E-state index >= 15 is 0 Å². The van der Waals surface area contributed by atoms with Crippen molar-refractivity contribution in [2.24, 2.45) is 40.9 Å². The summed E-state index contributed by atoms with van der Waals surface area (Å²) in [4.78, 5) is 53.0. The van der Waals surface area contributed by atoms with Gasteiger partial charge in [0.25, 0.3) is 0 Å². The highest BCUT2D eigenvalue weighted by atomic mass is 16.7. The maximum Gasteiger partial charge on any atom is 0.303 e. The molecular formula is C35H51NO12. The van der Waals surface area contributed by atoms with Gasteiger partial charge >= 0.3 is 23.9 Å². The zero-order valence-electron chi connectivity index (χ0n) is 29.0. The zero-order chi connectivity index (χ0) is 34.9. The average molecular weight is 678 g/mol. The molecule has 0 amide bonds. The number of carbonyl (C=O) groups excluding carboxylic acids is 4. The van der Waals surface area contributed by atoms with Crippen molar-refractivity contribution >= 4 is 23.9 Å². The standard InChI is InChI=1S/C35H51NO12/c1-16-8-9-25-32(7,41)27-21(15-36(25)14-16)22-13-33-29(34(22,42)30(47-20(5)40)28(27)46-19(4)39)23(44-17(2)37)12-24-31(33,6)11-10-26(45-18(3)38)35(24,43)48-33/h16,21-30,41-43H,8-15H2,1-7H3/t16-,21-,22-,23+,24-,25-,26-,27+,28-,29+,30-,31+,32+,33+,34-,35-/m0/s1. The van der Waals surface area contributed by atoms with Crippen LogP contribution in [0.5, 0.6) is 0 Å². The van der Waals surface area contributed by atoms with Crippen LogP contribution in [-0.2, 0) is 42.9 Å². The molecule has 4 aliphatic carbocycles. The van der Waals surface area contributed by atoms with E-state index in [-0.39, 0.29) is 18.9 Å². The lowest BCUT2D eigenvalue weighted by atomic mass is 9.49. The molecule has 3 heterocycles. The SMILES string of the molecule is CC(=O)O[C@H]1[C@H]2[C@@H](CN3C[C@@H](C)CC[C@H]3[C@@]2(C)O)[C@@H]2C[C@]34O[C@]5(O)[C@@H](OC(C)=O)CC[C@]3(C)[C@@H]5C[C@@H](OC(C)=O)[C@H]4[C@]2(O)[C@H]1OC(C)=O. The first kappa shape index (κ1) is 34.1. The average Bonchev–Trinajstić information content (AvgIpc) is 3.23. The molecule has 0 unspecified atom stereocenters. The number of rotatable bonds is 4. The number of ether oxygens (including phenoxy) is 5. The van der Waals surface area contributed by atoms with Crippen molar-refractivity contribution < 1.29 is 58.2 Å². The van der Waals surface area contributed by atoms with Crippen LogP contribution in [0.15, 0.2) is 0 Å². The van der Waals surface area contributed by atoms with Crippen LogP contribution in [0.4, 0.5) is 0 Å². The maximum absolute atomic E-state index is 13.6. The molecule has 13 heteroatoms. The first-order valence-corrected chi connectivity index (χ1v) is 17.6. The molecule has 0 aromatic heterocycles. The summed E-state index contributed by atoms with van der Waals surface area (Å²) in [5.74, 6) is -7.62. The normalized spacial score (nSPS) is 53.3. The molecule has 7 aliphatic rings. The van der Waals surface area contributed by atoms with Gasteiger partial charge in [-0.25, -0.2) is 0 Å². The Bertz CT molecular complexity index is 1400. The second-order valence-corrected chi connectivity index (χ2v) is 16.6. The predicted molar refractivity (Wildman–Crippen MR) is 164 cm³/mol. The molecule has 16 atom stereocenters. The number of nitrogens with zero attached hydrogens (tertiary/aromatic N) is 1. The van der Waals surface area contributed by atoms with Gasteiger partial charge in [-0.3, -0.25) is 24.1 Å². The quantitative estimate of drug-likeness (QED) is 0.288. The van der Waals surface area contributed by atoms with Crippen LogP contribution in [0.1, 0.15) is 87.0 Å². The lowest BCUT2D eigenvalue weighted by Crippen LogP contribution is -2.77. The maximum atomic E-state index is 13.6. The van der Waals surface area contributed by atoms with Gasteiger partial charge in [0.1, 0.15) is 17.8 Å². The molecule has 0 aromatic carbocycles. The van der Waals surface area contributed by atoms with E-state index in [1.54, 1.807) is 6.92 Å². The van der Waals surface area contributed by atoms with Gasteiger partial charge in [-0.15, -0.1) is 0 Å². The van der Waals surface area contributed by atoms with E-state index in [2.05, 4.69) is 11.8 Å². The number of hydrogen-bond donors (Lipinski definition) is 3. The summed E-state index contributed by atoms with van der Waals surface area (Å²) >= 11 is 0. The third kappa shape index (κ3) is 4.39. The first-order chi connectivity index (χ1) is 22.3. The van der Waals surface area contributed by atoms with E-state index in [4.69, 9.17) is 23.7 Å². The Morgan fingerprint density at radius 2 is 1.48 bits per heavy atom. The highest BCUT2D eigenvalue weighted by molar-refractivity contribution is 5.68. The molecular weight excluding hydrogens is 626 g/mol. The Kier molecular flexibility index (Phi) is 7.71. The Balaban J connectivity index is 1.45. The largest absolute Gasteiger partial charge is 0.462 e. The van der Waals surface area contributed by atoms with E-state index in [1.807, 2.05) is 6.92 Å². The van der Waals surface area contributed by atoms with Crippen molar-refractivity contribution in [1.29, 1.82) is 0 Å². The number of esters is 4. The molecule has 48 heavy (non-hydrogen) atoms. The van der Waals surface area contributed by atoms with Gasteiger partial charge in [-0.1, -0.05) is 13.8 Å². The van der Waals surface area contributed by atoms with Crippen molar-refractivity contribution in [2.45, 2.75) is 140 Å². The van der Waals surface area contributed by atoms with Crippen LogP contribution >= 0.6 is 0 Å². The third-order valence-electron chi connectivity index (χ3n) is 13.9. The van der Waals surface area contributed by atoms with Gasteiger partial charge in [-0.05, 0) is 63.2 Å². The fraction of sp³-hybridized carbons (Fsp3) is 0.886. The molecule has 4 bridgehead atoms. The summed E-state index contributed by atoms with van der Waals surface area (Å²) in [7, 11) is 0. The van der Waals surface area contributed by atoms with Gasteiger partial charge in [-0.2, -0.15) is 0 Å². The summed E-state index contributed by atoms with van der Waals surface area (Å²) in [5, 5.41) is 38.6. The van der Waals surface area contributed by atoms with Gasteiger partial charge < -0.3 is 39.0 Å². The number of fused-ring (bicyclic) bond motifs is 5. The molecule has 13 nitrogen and oxygen atoms in total. The number of aliphatic hydroxyl groups is 3. The summed E-state index contributed by atoms with van der Waals surface area (Å²) in [5.41, 5.74) is -5.48. The summed E-state index contributed by atoms with van der Waals surface area (Å²) in [6.07, 6.45) is -1.94. The molecule has 3 aliphatic heterocycles. The Labute approximate surface area is 280 Å². The minimum absolute atomic E-state index is 0.0916. The second kappa shape index (κ2) is 10.8. The predicted octanol–water partition coefficient (Wildman–Crippen LogP) is 1.47. The first-order valence-electron chi connectivity index (χ1n) is 17.6. The van der Waals surface area contributed by atoms with Crippen LogP contribution in [-0.4, -0.2) is 110 Å². The van der Waals surface area contributed by atoms with Crippen LogP contribution in [0, 0.1) is 40.9 Å². The van der Waals surface area contributed by atoms with E-state index in [1.165, 1.54) is 27.7 Å². The fourth-order valence-corrected chi connectivity index (χ4v) is 12.6. The topological polar surface area (TPSA) is 178 Å². The Morgan fingerprint density at radius 3 is 2.10 bits per heavy atom. The summed E-state index contributed by atoms with van der Waals surface area (Å²) in [6, 6.07) is -0.248. The lowest BCUT2D eigenvalue weighted by Gasteiger charge is -2.64. The Morgan fingerprint density at radius 1 is 0.833 bits per heavy atom. The molecule has 7 fully saturated rings. The van der Waals surface area contributed by atoms with E-state index in [0.717, 1.165) is 19.4 Å². The van der Waals surface area contributed by atoms with Crippen LogP contribution in [0.3, 0.4) is 0 Å². The lowest BCUT2D eigenvalue weighted by molar-refractivity contribution is -0.300. The molecule has 3 N–H and O–H groups in total. The van der Waals surface area contributed by atoms with Crippen LogP contribution in [0.2, 0.25) is 0 Å². The van der Waals surface area contributed by atoms with Crippen LogP contribution < -0.4 is 0 Å². The molecule has 3 saturated heterocycles. The van der Waals surface area contributed by atoms with E-state index in [0.29, 0.717) is 25.3 Å². The van der Waals surface area contributed by atoms with Crippen molar-refractivity contribution in [3.05, 3.63) is 0 Å². The zero-order valence-corrected chi connectivity index (χ0v) is 29.0. The monoisotopic (exact) mass is 677 g/mol. The second-order valence-electron chi connectivity index (χ2n) is 16.6. The molecule has 268 valence electrons.